The molecule has 4 rings (SSSR count). The van der Waals surface area contributed by atoms with Crippen molar-refractivity contribution in [2.45, 2.75) is 24.4 Å². The van der Waals surface area contributed by atoms with E-state index in [-0.39, 0.29) is 36.2 Å². The molecule has 1 atom stereocenters. The summed E-state index contributed by atoms with van der Waals surface area (Å²) in [4.78, 5) is 42.2. The number of rotatable bonds is 5. The van der Waals surface area contributed by atoms with Crippen LogP contribution in [0.5, 0.6) is 5.75 Å². The number of morpholine rings is 1. The van der Waals surface area contributed by atoms with Gasteiger partial charge >= 0.3 is 5.97 Å². The number of nitrogens with zero attached hydrogens (tertiary/aromatic N) is 3. The number of fused-ring (bicyclic) bond motifs is 2. The Morgan fingerprint density at radius 3 is 2.50 bits per heavy atom. The van der Waals surface area contributed by atoms with Gasteiger partial charge in [-0.15, -0.1) is 0 Å². The number of methoxy groups -OCH3 is 1. The molecule has 3 fully saturated rings. The Bertz CT molecular complexity index is 821. The average molecular weight is 417 g/mol. The lowest BCUT2D eigenvalue weighted by atomic mass is 9.82. The molecule has 0 unspecified atom stereocenters. The summed E-state index contributed by atoms with van der Waals surface area (Å²) in [6, 6.07) is 7.16. The first-order valence-corrected chi connectivity index (χ1v) is 10.2. The van der Waals surface area contributed by atoms with Crippen molar-refractivity contribution in [1.82, 2.24) is 14.7 Å². The highest BCUT2D eigenvalue weighted by molar-refractivity contribution is 5.94. The van der Waals surface area contributed by atoms with Gasteiger partial charge in [0.05, 0.1) is 38.3 Å². The van der Waals surface area contributed by atoms with Gasteiger partial charge in [0.1, 0.15) is 5.75 Å². The number of carbonyl (C=O) groups excluding carboxylic acids is 2. The molecule has 1 aromatic rings. The minimum atomic E-state index is -0.972. The first-order chi connectivity index (χ1) is 14.4. The highest BCUT2D eigenvalue weighted by Crippen LogP contribution is 2.36. The standard InChI is InChI=1S/C21H27N3O6/c1-29-17-4-2-15(3-5-17)20(28)22-10-16-11-30-9-8-24(16)21(12-22)13-23(14-21)18(25)6-7-19(26)27/h2-5,16H,6-14H2,1H3,(H,26,27)/t16-/m1/s1. The zero-order valence-corrected chi connectivity index (χ0v) is 17.1. The summed E-state index contributed by atoms with van der Waals surface area (Å²) in [6.45, 7) is 4.10. The minimum absolute atomic E-state index is 0.00639. The molecular weight excluding hydrogens is 390 g/mol. The second-order valence-electron chi connectivity index (χ2n) is 8.20. The second-order valence-corrected chi connectivity index (χ2v) is 8.20. The molecule has 3 aliphatic heterocycles. The van der Waals surface area contributed by atoms with Gasteiger partial charge in [-0.3, -0.25) is 19.3 Å². The van der Waals surface area contributed by atoms with Crippen LogP contribution >= 0.6 is 0 Å². The zero-order valence-electron chi connectivity index (χ0n) is 17.1. The second kappa shape index (κ2) is 8.23. The lowest BCUT2D eigenvalue weighted by molar-refractivity contribution is -0.173. The van der Waals surface area contributed by atoms with Crippen molar-refractivity contribution in [3.05, 3.63) is 29.8 Å². The van der Waals surface area contributed by atoms with Crippen LogP contribution in [0.2, 0.25) is 0 Å². The van der Waals surface area contributed by atoms with Crippen LogP contribution in [-0.4, -0.2) is 102 Å². The van der Waals surface area contributed by atoms with Gasteiger partial charge in [0.25, 0.3) is 5.91 Å². The fourth-order valence-corrected chi connectivity index (χ4v) is 4.76. The molecule has 3 aliphatic rings. The molecule has 2 amide bonds. The summed E-state index contributed by atoms with van der Waals surface area (Å²) in [5, 5.41) is 8.82. The van der Waals surface area contributed by atoms with E-state index >= 15 is 0 Å². The van der Waals surface area contributed by atoms with Crippen LogP contribution < -0.4 is 4.74 Å². The monoisotopic (exact) mass is 417 g/mol. The molecule has 1 spiro atoms. The lowest BCUT2D eigenvalue weighted by Gasteiger charge is -2.63. The van der Waals surface area contributed by atoms with Crippen molar-refractivity contribution in [2.24, 2.45) is 0 Å². The summed E-state index contributed by atoms with van der Waals surface area (Å²) in [6.07, 6.45) is -0.156. The normalized spacial score (nSPS) is 22.9. The minimum Gasteiger partial charge on any atom is -0.497 e. The molecule has 3 heterocycles. The maximum absolute atomic E-state index is 13.2. The molecule has 1 aromatic carbocycles. The Kier molecular flexibility index (Phi) is 5.66. The molecule has 0 aromatic heterocycles. The van der Waals surface area contributed by atoms with E-state index in [1.165, 1.54) is 0 Å². The fourth-order valence-electron chi connectivity index (χ4n) is 4.76. The number of aliphatic carboxylic acids is 1. The van der Waals surface area contributed by atoms with Crippen molar-refractivity contribution in [2.75, 3.05) is 53.0 Å². The molecular formula is C21H27N3O6. The summed E-state index contributed by atoms with van der Waals surface area (Å²) in [5.74, 6) is -0.465. The number of carboxylic acid groups (broad SMARTS) is 1. The molecule has 0 radical (unpaired) electrons. The predicted molar refractivity (Wildman–Crippen MR) is 106 cm³/mol. The van der Waals surface area contributed by atoms with Gasteiger partial charge in [-0.25, -0.2) is 0 Å². The number of carbonyl (C=O) groups is 3. The summed E-state index contributed by atoms with van der Waals surface area (Å²) in [5.41, 5.74) is 0.304. The number of hydrogen-bond donors (Lipinski definition) is 1. The van der Waals surface area contributed by atoms with Crippen molar-refractivity contribution in [3.8, 4) is 5.75 Å². The Morgan fingerprint density at radius 2 is 1.83 bits per heavy atom. The Morgan fingerprint density at radius 1 is 1.13 bits per heavy atom. The van der Waals surface area contributed by atoms with Gasteiger partial charge in [0, 0.05) is 44.7 Å². The third-order valence-electron chi connectivity index (χ3n) is 6.25. The van der Waals surface area contributed by atoms with E-state index in [2.05, 4.69) is 4.90 Å². The van der Waals surface area contributed by atoms with Crippen molar-refractivity contribution < 1.29 is 29.0 Å². The number of benzene rings is 1. The first-order valence-electron chi connectivity index (χ1n) is 10.2. The van der Waals surface area contributed by atoms with Crippen LogP contribution in [-0.2, 0) is 14.3 Å². The predicted octanol–water partition coefficient (Wildman–Crippen LogP) is 0.298. The average Bonchev–Trinajstić information content (AvgIpc) is 2.74. The van der Waals surface area contributed by atoms with E-state index in [0.717, 1.165) is 6.54 Å². The number of carboxylic acids is 1. The maximum atomic E-state index is 13.2. The van der Waals surface area contributed by atoms with E-state index in [0.29, 0.717) is 50.7 Å². The van der Waals surface area contributed by atoms with Crippen LogP contribution in [0.4, 0.5) is 0 Å². The van der Waals surface area contributed by atoms with Crippen LogP contribution in [0.15, 0.2) is 24.3 Å². The number of likely N-dealkylation sites (tertiary alicyclic amines) is 1. The number of piperazine rings is 1. The van der Waals surface area contributed by atoms with Gasteiger partial charge in [-0.1, -0.05) is 0 Å². The van der Waals surface area contributed by atoms with Gasteiger partial charge in [0.2, 0.25) is 5.91 Å². The van der Waals surface area contributed by atoms with Crippen LogP contribution in [0.1, 0.15) is 23.2 Å². The molecule has 9 nitrogen and oxygen atoms in total. The molecule has 1 N–H and O–H groups in total. The summed E-state index contributed by atoms with van der Waals surface area (Å²) >= 11 is 0. The Balaban J connectivity index is 1.48. The summed E-state index contributed by atoms with van der Waals surface area (Å²) in [7, 11) is 1.59. The van der Waals surface area contributed by atoms with Gasteiger partial charge < -0.3 is 24.4 Å². The highest BCUT2D eigenvalue weighted by Gasteiger charge is 2.56. The molecule has 9 heteroatoms. The zero-order chi connectivity index (χ0) is 21.3. The molecule has 0 bridgehead atoms. The van der Waals surface area contributed by atoms with Crippen molar-refractivity contribution in [3.63, 3.8) is 0 Å². The molecule has 162 valence electrons. The van der Waals surface area contributed by atoms with Crippen LogP contribution in [0.25, 0.3) is 0 Å². The third-order valence-corrected chi connectivity index (χ3v) is 6.25. The molecule has 0 aliphatic carbocycles. The van der Waals surface area contributed by atoms with Crippen molar-refractivity contribution in [1.29, 1.82) is 0 Å². The fraction of sp³-hybridized carbons (Fsp3) is 0.571. The van der Waals surface area contributed by atoms with E-state index in [9.17, 15) is 14.4 Å². The number of ether oxygens (including phenoxy) is 2. The smallest absolute Gasteiger partial charge is 0.303 e. The first kappa shape index (κ1) is 20.6. The van der Waals surface area contributed by atoms with Crippen LogP contribution in [0.3, 0.4) is 0 Å². The quantitative estimate of drug-likeness (QED) is 0.735. The van der Waals surface area contributed by atoms with Gasteiger partial charge in [-0.2, -0.15) is 0 Å². The number of amides is 2. The van der Waals surface area contributed by atoms with E-state index < -0.39 is 5.97 Å². The Labute approximate surface area is 175 Å². The molecule has 30 heavy (non-hydrogen) atoms. The third kappa shape index (κ3) is 3.87. The SMILES string of the molecule is COc1ccc(C(=O)N2C[C@@H]3COCCN3C3(CN(C(=O)CCC(=O)O)C3)C2)cc1. The molecule has 3 saturated heterocycles. The topological polar surface area (TPSA) is 99.6 Å². The number of hydrogen-bond acceptors (Lipinski definition) is 6. The largest absolute Gasteiger partial charge is 0.497 e. The Hall–Kier alpha value is -2.65. The van der Waals surface area contributed by atoms with Gasteiger partial charge in [-0.05, 0) is 24.3 Å². The summed E-state index contributed by atoms with van der Waals surface area (Å²) < 4.78 is 10.8. The van der Waals surface area contributed by atoms with E-state index in [1.807, 2.05) is 4.90 Å². The molecule has 0 saturated carbocycles. The van der Waals surface area contributed by atoms with Crippen molar-refractivity contribution >= 4 is 17.8 Å². The van der Waals surface area contributed by atoms with E-state index in [1.54, 1.807) is 36.3 Å². The van der Waals surface area contributed by atoms with E-state index in [4.69, 9.17) is 14.6 Å². The van der Waals surface area contributed by atoms with Gasteiger partial charge in [0.15, 0.2) is 0 Å². The lowest BCUT2D eigenvalue weighted by Crippen LogP contribution is -2.81. The highest BCUT2D eigenvalue weighted by atomic mass is 16.5. The van der Waals surface area contributed by atoms with Crippen LogP contribution in [0, 0.1) is 0 Å². The maximum Gasteiger partial charge on any atom is 0.303 e.